The number of imide groups is 1. The van der Waals surface area contributed by atoms with E-state index in [0.29, 0.717) is 6.61 Å². The van der Waals surface area contributed by atoms with E-state index in [1.165, 1.54) is 6.08 Å². The van der Waals surface area contributed by atoms with E-state index in [4.69, 9.17) is 18.9 Å². The SMILES string of the molecule is COc1ccc(N[C@H]([C@H]2C=CC(=O)N2C(=O)OCc2ccccc2)[C@H]2COC(C)(C)O2)c(SC)c1. The van der Waals surface area contributed by atoms with Crippen LogP contribution in [0.2, 0.25) is 0 Å². The van der Waals surface area contributed by atoms with Crippen LogP contribution in [0.1, 0.15) is 19.4 Å². The summed E-state index contributed by atoms with van der Waals surface area (Å²) < 4.78 is 22.8. The van der Waals surface area contributed by atoms with Crippen LogP contribution in [0, 0.1) is 0 Å². The van der Waals surface area contributed by atoms with Crippen molar-refractivity contribution in [2.45, 2.75) is 49.3 Å². The lowest BCUT2D eigenvalue weighted by molar-refractivity contribution is -0.141. The van der Waals surface area contributed by atoms with Gasteiger partial charge in [0.05, 0.1) is 25.8 Å². The van der Waals surface area contributed by atoms with Crippen LogP contribution in [0.15, 0.2) is 65.6 Å². The van der Waals surface area contributed by atoms with E-state index in [0.717, 1.165) is 26.8 Å². The molecule has 1 fully saturated rings. The molecule has 186 valence electrons. The first-order valence-corrected chi connectivity index (χ1v) is 12.6. The van der Waals surface area contributed by atoms with Gasteiger partial charge in [0, 0.05) is 16.7 Å². The molecule has 2 aliphatic rings. The van der Waals surface area contributed by atoms with Crippen LogP contribution >= 0.6 is 11.8 Å². The standard InChI is InChI=1S/C26H30N2O6S/c1-26(2)33-16-21(34-26)24(27-19-11-10-18(31-3)14-22(19)35-4)20-12-13-23(29)28(20)25(30)32-15-17-8-6-5-7-9-17/h5-14,20-21,24,27H,15-16H2,1-4H3/t20-,21-,24-/m1/s1. The molecule has 0 aliphatic carbocycles. The number of carbonyl (C=O) groups excluding carboxylic acids is 2. The second-order valence-electron chi connectivity index (χ2n) is 8.70. The van der Waals surface area contributed by atoms with Crippen LogP contribution in [0.25, 0.3) is 0 Å². The maximum Gasteiger partial charge on any atom is 0.417 e. The van der Waals surface area contributed by atoms with Crippen molar-refractivity contribution in [3.05, 3.63) is 66.2 Å². The van der Waals surface area contributed by atoms with E-state index in [1.807, 2.05) is 68.6 Å². The first-order chi connectivity index (χ1) is 16.8. The third kappa shape index (κ3) is 5.80. The van der Waals surface area contributed by atoms with Crippen LogP contribution in [0.4, 0.5) is 10.5 Å². The Kier molecular flexibility index (Phi) is 7.69. The number of thioether (sulfide) groups is 1. The Morgan fingerprint density at radius 1 is 1.26 bits per heavy atom. The molecule has 2 aliphatic heterocycles. The smallest absolute Gasteiger partial charge is 0.417 e. The summed E-state index contributed by atoms with van der Waals surface area (Å²) in [7, 11) is 1.62. The molecule has 0 bridgehead atoms. The van der Waals surface area contributed by atoms with Gasteiger partial charge in [-0.15, -0.1) is 11.8 Å². The Labute approximate surface area is 209 Å². The lowest BCUT2D eigenvalue weighted by Crippen LogP contribution is -2.54. The number of nitrogens with zero attached hydrogens (tertiary/aromatic N) is 1. The van der Waals surface area contributed by atoms with E-state index >= 15 is 0 Å². The lowest BCUT2D eigenvalue weighted by atomic mass is 10.0. The first kappa shape index (κ1) is 25.1. The van der Waals surface area contributed by atoms with Gasteiger partial charge in [-0.2, -0.15) is 0 Å². The van der Waals surface area contributed by atoms with Crippen LogP contribution in [0.3, 0.4) is 0 Å². The van der Waals surface area contributed by atoms with Crippen molar-refractivity contribution in [2.24, 2.45) is 0 Å². The maximum atomic E-state index is 13.1. The highest BCUT2D eigenvalue weighted by Crippen LogP contribution is 2.34. The molecular formula is C26H30N2O6S. The van der Waals surface area contributed by atoms with Crippen LogP contribution in [0.5, 0.6) is 5.75 Å². The van der Waals surface area contributed by atoms with Crippen LogP contribution in [-0.2, 0) is 25.6 Å². The third-order valence-electron chi connectivity index (χ3n) is 5.90. The summed E-state index contributed by atoms with van der Waals surface area (Å²) in [5.41, 5.74) is 1.67. The second kappa shape index (κ2) is 10.7. The molecule has 2 amide bonds. The molecule has 0 unspecified atom stereocenters. The van der Waals surface area contributed by atoms with Crippen molar-refractivity contribution in [3.8, 4) is 5.75 Å². The predicted octanol–water partition coefficient (Wildman–Crippen LogP) is 4.45. The van der Waals surface area contributed by atoms with Crippen molar-refractivity contribution in [3.63, 3.8) is 0 Å². The molecule has 1 N–H and O–H groups in total. The number of amides is 2. The van der Waals surface area contributed by atoms with E-state index in [1.54, 1.807) is 24.9 Å². The van der Waals surface area contributed by atoms with Crippen molar-refractivity contribution < 1.29 is 28.5 Å². The number of rotatable bonds is 8. The highest BCUT2D eigenvalue weighted by Gasteiger charge is 2.46. The Morgan fingerprint density at radius 3 is 2.69 bits per heavy atom. The third-order valence-corrected chi connectivity index (χ3v) is 6.68. The highest BCUT2D eigenvalue weighted by atomic mass is 32.2. The maximum absolute atomic E-state index is 13.1. The topological polar surface area (TPSA) is 86.3 Å². The summed E-state index contributed by atoms with van der Waals surface area (Å²) in [6, 6.07) is 13.9. The van der Waals surface area contributed by atoms with E-state index in [2.05, 4.69) is 5.32 Å². The number of benzene rings is 2. The predicted molar refractivity (Wildman–Crippen MR) is 133 cm³/mol. The fourth-order valence-corrected chi connectivity index (χ4v) is 4.74. The van der Waals surface area contributed by atoms with Gasteiger partial charge >= 0.3 is 6.09 Å². The summed E-state index contributed by atoms with van der Waals surface area (Å²) in [5, 5.41) is 3.52. The minimum absolute atomic E-state index is 0.0689. The molecule has 1 saturated heterocycles. The fourth-order valence-electron chi connectivity index (χ4n) is 4.16. The zero-order chi connectivity index (χ0) is 25.0. The summed E-state index contributed by atoms with van der Waals surface area (Å²) in [6.07, 6.45) is 3.94. The van der Waals surface area contributed by atoms with Gasteiger partial charge in [0.15, 0.2) is 5.79 Å². The van der Waals surface area contributed by atoms with E-state index in [-0.39, 0.29) is 6.61 Å². The fraction of sp³-hybridized carbons (Fsp3) is 0.385. The molecule has 0 saturated carbocycles. The quantitative estimate of drug-likeness (QED) is 0.534. The molecule has 2 aromatic rings. The first-order valence-electron chi connectivity index (χ1n) is 11.3. The Morgan fingerprint density at radius 2 is 2.03 bits per heavy atom. The molecule has 8 nitrogen and oxygen atoms in total. The van der Waals surface area contributed by atoms with Gasteiger partial charge in [-0.05, 0) is 43.9 Å². The van der Waals surface area contributed by atoms with Crippen LogP contribution in [-0.4, -0.2) is 60.8 Å². The molecule has 35 heavy (non-hydrogen) atoms. The Bertz CT molecular complexity index is 1090. The average molecular weight is 499 g/mol. The summed E-state index contributed by atoms with van der Waals surface area (Å²) in [6.45, 7) is 4.05. The minimum Gasteiger partial charge on any atom is -0.497 e. The van der Waals surface area contributed by atoms with E-state index in [9.17, 15) is 9.59 Å². The lowest BCUT2D eigenvalue weighted by Gasteiger charge is -2.34. The molecule has 2 heterocycles. The number of ether oxygens (including phenoxy) is 4. The molecule has 2 aromatic carbocycles. The average Bonchev–Trinajstić information content (AvgIpc) is 3.43. The minimum atomic E-state index is -0.780. The van der Waals surface area contributed by atoms with Crippen molar-refractivity contribution in [1.82, 2.24) is 4.90 Å². The number of methoxy groups -OCH3 is 1. The summed E-state index contributed by atoms with van der Waals surface area (Å²) in [4.78, 5) is 27.9. The molecule has 4 rings (SSSR count). The van der Waals surface area contributed by atoms with Gasteiger partial charge in [-0.1, -0.05) is 36.4 Å². The second-order valence-corrected chi connectivity index (χ2v) is 9.55. The largest absolute Gasteiger partial charge is 0.497 e. The van der Waals surface area contributed by atoms with Gasteiger partial charge in [-0.25, -0.2) is 9.69 Å². The molecule has 0 spiro atoms. The van der Waals surface area contributed by atoms with E-state index < -0.39 is 36.0 Å². The zero-order valence-corrected chi connectivity index (χ0v) is 21.0. The zero-order valence-electron chi connectivity index (χ0n) is 20.2. The number of anilines is 1. The van der Waals surface area contributed by atoms with Crippen molar-refractivity contribution in [2.75, 3.05) is 25.3 Å². The number of hydrogen-bond acceptors (Lipinski definition) is 8. The number of nitrogens with one attached hydrogen (secondary N) is 1. The number of hydrogen-bond donors (Lipinski definition) is 1. The van der Waals surface area contributed by atoms with Crippen LogP contribution < -0.4 is 10.1 Å². The van der Waals surface area contributed by atoms with Crippen molar-refractivity contribution in [1.29, 1.82) is 0 Å². The van der Waals surface area contributed by atoms with Gasteiger partial charge < -0.3 is 24.3 Å². The summed E-state index contributed by atoms with van der Waals surface area (Å²) in [5.74, 6) is -0.476. The van der Waals surface area contributed by atoms with Crippen molar-refractivity contribution >= 4 is 29.4 Å². The van der Waals surface area contributed by atoms with Gasteiger partial charge in [-0.3, -0.25) is 4.79 Å². The molecule has 3 atom stereocenters. The van der Waals surface area contributed by atoms with Gasteiger partial charge in [0.1, 0.15) is 18.5 Å². The van der Waals surface area contributed by atoms with Gasteiger partial charge in [0.25, 0.3) is 5.91 Å². The monoisotopic (exact) mass is 498 g/mol. The van der Waals surface area contributed by atoms with Gasteiger partial charge in [0.2, 0.25) is 0 Å². The molecule has 0 radical (unpaired) electrons. The molecular weight excluding hydrogens is 468 g/mol. The molecule has 0 aromatic heterocycles. The number of carbonyl (C=O) groups is 2. The molecule has 9 heteroatoms. The normalized spacial score (nSPS) is 21.7. The Balaban J connectivity index is 1.60. The highest BCUT2D eigenvalue weighted by molar-refractivity contribution is 7.98. The Hall–Kier alpha value is -3.01. The summed E-state index contributed by atoms with van der Waals surface area (Å²) >= 11 is 1.56.